The van der Waals surface area contributed by atoms with Gasteiger partial charge in [0.15, 0.2) is 10.9 Å². The first-order valence-corrected chi connectivity index (χ1v) is 7.24. The molecule has 0 fully saturated rings. The molecule has 0 atom stereocenters. The summed E-state index contributed by atoms with van der Waals surface area (Å²) in [5.74, 6) is -2.05. The van der Waals surface area contributed by atoms with Crippen molar-refractivity contribution in [2.75, 3.05) is 5.73 Å². The van der Waals surface area contributed by atoms with Crippen LogP contribution in [0.25, 0.3) is 21.3 Å². The smallest absolute Gasteiger partial charge is 0.375 e. The van der Waals surface area contributed by atoms with Gasteiger partial charge >= 0.3 is 6.18 Å². The molecule has 4 nitrogen and oxygen atoms in total. The number of hydrogen-bond acceptors (Lipinski definition) is 4. The van der Waals surface area contributed by atoms with Crippen LogP contribution in [0.2, 0.25) is 0 Å². The maximum Gasteiger partial charge on any atom is 0.431 e. The summed E-state index contributed by atoms with van der Waals surface area (Å²) in [5.41, 5.74) is 2.34. The molecule has 0 radical (unpaired) electrons. The summed E-state index contributed by atoms with van der Waals surface area (Å²) in [5, 5.41) is -0.0560. The van der Waals surface area contributed by atoms with E-state index in [4.69, 9.17) is 5.73 Å². The average Bonchev–Trinajstić information content (AvgIpc) is 2.84. The summed E-state index contributed by atoms with van der Waals surface area (Å²) in [6.07, 6.45) is -4.74. The van der Waals surface area contributed by atoms with E-state index in [1.165, 1.54) is 0 Å². The molecule has 0 aliphatic rings. The van der Waals surface area contributed by atoms with Gasteiger partial charge in [-0.3, -0.25) is 4.79 Å². The second-order valence-corrected chi connectivity index (χ2v) is 5.97. The molecule has 0 aliphatic heterocycles. The number of benzene rings is 1. The molecule has 3 aromatic rings. The Morgan fingerprint density at radius 3 is 2.50 bits per heavy atom. The molecule has 0 saturated carbocycles. The third-order valence-corrected chi connectivity index (χ3v) is 4.36. The second-order valence-electron chi connectivity index (χ2n) is 4.94. The van der Waals surface area contributed by atoms with Gasteiger partial charge in [-0.15, -0.1) is 0 Å². The zero-order chi connectivity index (χ0) is 17.8. The van der Waals surface area contributed by atoms with E-state index in [-0.39, 0.29) is 26.5 Å². The van der Waals surface area contributed by atoms with E-state index in [1.54, 1.807) is 0 Å². The van der Waals surface area contributed by atoms with Crippen LogP contribution in [-0.4, -0.2) is 9.55 Å². The van der Waals surface area contributed by atoms with E-state index in [0.717, 1.165) is 24.5 Å². The highest BCUT2D eigenvalue weighted by Gasteiger charge is 2.34. The molecule has 0 aliphatic carbocycles. The molecule has 0 bridgehead atoms. The van der Waals surface area contributed by atoms with Crippen molar-refractivity contribution < 1.29 is 22.0 Å². The molecule has 0 spiro atoms. The van der Waals surface area contributed by atoms with Gasteiger partial charge in [-0.05, 0) is 12.1 Å². The van der Waals surface area contributed by atoms with Crippen molar-refractivity contribution in [3.63, 3.8) is 0 Å². The fourth-order valence-corrected chi connectivity index (χ4v) is 3.28. The number of aromatic nitrogens is 2. The van der Waals surface area contributed by atoms with E-state index in [0.29, 0.717) is 16.7 Å². The van der Waals surface area contributed by atoms with Crippen molar-refractivity contribution in [2.45, 2.75) is 6.18 Å². The molecule has 126 valence electrons. The molecule has 1 aromatic carbocycles. The van der Waals surface area contributed by atoms with Gasteiger partial charge in [0.05, 0.1) is 10.3 Å². The summed E-state index contributed by atoms with van der Waals surface area (Å²) < 4.78 is 66.9. The highest BCUT2D eigenvalue weighted by Crippen LogP contribution is 2.37. The first kappa shape index (κ1) is 16.4. The Bertz CT molecular complexity index is 1020. The van der Waals surface area contributed by atoms with Crippen LogP contribution in [0, 0.1) is 11.6 Å². The van der Waals surface area contributed by atoms with Gasteiger partial charge in [0.2, 0.25) is 0 Å². The van der Waals surface area contributed by atoms with Gasteiger partial charge in [0.25, 0.3) is 5.56 Å². The standard InChI is InChI=1S/C14H8F5N3OS/c1-22-8(14(17,18)19)3-2-5(12(22)23)9-6(15)4-7(16)10-11(9)24-13(20)21-10/h2-4H,1H3,(H2,20,21). The lowest BCUT2D eigenvalue weighted by atomic mass is 10.1. The second kappa shape index (κ2) is 5.26. The van der Waals surface area contributed by atoms with Gasteiger partial charge in [0, 0.05) is 18.7 Å². The molecule has 24 heavy (non-hydrogen) atoms. The number of anilines is 1. The molecule has 2 heterocycles. The predicted octanol–water partition coefficient (Wildman–Crippen LogP) is 3.54. The van der Waals surface area contributed by atoms with Gasteiger partial charge < -0.3 is 10.3 Å². The molecule has 3 rings (SSSR count). The molecule has 2 N–H and O–H groups in total. The topological polar surface area (TPSA) is 60.9 Å². The van der Waals surface area contributed by atoms with Gasteiger partial charge in [-0.25, -0.2) is 13.8 Å². The molecule has 0 saturated heterocycles. The lowest BCUT2D eigenvalue weighted by molar-refractivity contribution is -0.143. The number of hydrogen-bond donors (Lipinski definition) is 1. The van der Waals surface area contributed by atoms with Crippen LogP contribution in [0.15, 0.2) is 23.0 Å². The van der Waals surface area contributed by atoms with Crippen LogP contribution in [0.4, 0.5) is 27.1 Å². The van der Waals surface area contributed by atoms with Gasteiger partial charge in [-0.1, -0.05) is 11.3 Å². The fourth-order valence-electron chi connectivity index (χ4n) is 2.39. The van der Waals surface area contributed by atoms with E-state index >= 15 is 0 Å². The molecule has 2 aromatic heterocycles. The average molecular weight is 361 g/mol. The van der Waals surface area contributed by atoms with Gasteiger partial charge in [-0.2, -0.15) is 13.2 Å². The number of halogens is 5. The SMILES string of the molecule is Cn1c(C(F)(F)F)ccc(-c2c(F)cc(F)c3nc(N)sc23)c1=O. The number of fused-ring (bicyclic) bond motifs is 1. The maximum absolute atomic E-state index is 14.2. The summed E-state index contributed by atoms with van der Waals surface area (Å²) in [6, 6.07) is 2.04. The zero-order valence-electron chi connectivity index (χ0n) is 11.9. The summed E-state index contributed by atoms with van der Waals surface area (Å²) in [7, 11) is 0.925. The van der Waals surface area contributed by atoms with Crippen molar-refractivity contribution in [3.8, 4) is 11.1 Å². The fraction of sp³-hybridized carbons (Fsp3) is 0.143. The first-order valence-electron chi connectivity index (χ1n) is 6.43. The normalized spacial score (nSPS) is 12.1. The van der Waals surface area contributed by atoms with Crippen LogP contribution in [0.5, 0.6) is 0 Å². The van der Waals surface area contributed by atoms with Crippen molar-refractivity contribution >= 4 is 26.7 Å². The number of nitrogens with two attached hydrogens (primary N) is 1. The van der Waals surface area contributed by atoms with Gasteiger partial charge in [0.1, 0.15) is 17.0 Å². The van der Waals surface area contributed by atoms with Crippen LogP contribution in [0.1, 0.15) is 5.69 Å². The predicted molar refractivity (Wildman–Crippen MR) is 79.6 cm³/mol. The molecule has 0 amide bonds. The Balaban J connectivity index is 2.37. The number of thiazole rings is 1. The van der Waals surface area contributed by atoms with Crippen LogP contribution in [-0.2, 0) is 13.2 Å². The number of rotatable bonds is 1. The minimum absolute atomic E-state index is 0.0399. The zero-order valence-corrected chi connectivity index (χ0v) is 12.7. The lowest BCUT2D eigenvalue weighted by Crippen LogP contribution is -2.26. The Hall–Kier alpha value is -2.49. The van der Waals surface area contributed by atoms with E-state index < -0.39 is 29.1 Å². The minimum Gasteiger partial charge on any atom is -0.375 e. The maximum atomic E-state index is 14.2. The van der Waals surface area contributed by atoms with Crippen molar-refractivity contribution in [1.29, 1.82) is 0 Å². The van der Waals surface area contributed by atoms with Crippen molar-refractivity contribution in [3.05, 3.63) is 45.9 Å². The molecular formula is C14H8F5N3OS. The van der Waals surface area contributed by atoms with Crippen LogP contribution < -0.4 is 11.3 Å². The first-order chi connectivity index (χ1) is 11.1. The quantitative estimate of drug-likeness (QED) is 0.675. The summed E-state index contributed by atoms with van der Waals surface area (Å²) >= 11 is 0.743. The van der Waals surface area contributed by atoms with Crippen molar-refractivity contribution in [2.24, 2.45) is 7.05 Å². The number of nitrogens with zero attached hydrogens (tertiary/aromatic N) is 2. The molecular weight excluding hydrogens is 353 g/mol. The van der Waals surface area contributed by atoms with E-state index in [1.807, 2.05) is 0 Å². The highest BCUT2D eigenvalue weighted by molar-refractivity contribution is 7.22. The summed E-state index contributed by atoms with van der Waals surface area (Å²) in [4.78, 5) is 16.0. The van der Waals surface area contributed by atoms with E-state index in [9.17, 15) is 26.7 Å². The lowest BCUT2D eigenvalue weighted by Gasteiger charge is -2.13. The highest BCUT2D eigenvalue weighted by atomic mass is 32.1. The summed E-state index contributed by atoms with van der Waals surface area (Å²) in [6.45, 7) is 0. The van der Waals surface area contributed by atoms with Crippen molar-refractivity contribution in [1.82, 2.24) is 9.55 Å². The minimum atomic E-state index is -4.74. The number of nitrogen functional groups attached to an aromatic ring is 1. The Morgan fingerprint density at radius 1 is 1.21 bits per heavy atom. The van der Waals surface area contributed by atoms with Crippen LogP contribution in [0.3, 0.4) is 0 Å². The largest absolute Gasteiger partial charge is 0.431 e. The Kier molecular flexibility index (Phi) is 3.59. The third-order valence-electron chi connectivity index (χ3n) is 3.45. The third kappa shape index (κ3) is 2.42. The number of alkyl halides is 3. The Labute approximate surface area is 135 Å². The molecule has 10 heteroatoms. The number of pyridine rings is 1. The Morgan fingerprint density at radius 2 is 1.88 bits per heavy atom. The van der Waals surface area contributed by atoms with E-state index in [2.05, 4.69) is 4.98 Å². The molecule has 0 unspecified atom stereocenters. The van der Waals surface area contributed by atoms with Crippen LogP contribution >= 0.6 is 11.3 Å². The monoisotopic (exact) mass is 361 g/mol.